The average Bonchev–Trinajstić information content (AvgIpc) is 2.95. The van der Waals surface area contributed by atoms with Gasteiger partial charge in [-0.15, -0.1) is 11.3 Å². The van der Waals surface area contributed by atoms with Gasteiger partial charge in [0.25, 0.3) is 0 Å². The molecule has 1 nitrogen and oxygen atoms in total. The SMILES string of the molecule is OC(CC1CC2CCC1C2)c1cc(Br)c(Cl)s1. The molecule has 1 aromatic rings. The van der Waals surface area contributed by atoms with Gasteiger partial charge in [-0.05, 0) is 65.4 Å². The quantitative estimate of drug-likeness (QED) is 0.822. The van der Waals surface area contributed by atoms with E-state index in [4.69, 9.17) is 11.6 Å². The van der Waals surface area contributed by atoms with E-state index in [0.29, 0.717) is 0 Å². The summed E-state index contributed by atoms with van der Waals surface area (Å²) in [6, 6.07) is 1.96. The van der Waals surface area contributed by atoms with E-state index in [1.165, 1.54) is 37.0 Å². The highest BCUT2D eigenvalue weighted by atomic mass is 79.9. The van der Waals surface area contributed by atoms with Gasteiger partial charge in [-0.1, -0.05) is 18.0 Å². The lowest BCUT2D eigenvalue weighted by Gasteiger charge is -2.23. The van der Waals surface area contributed by atoms with E-state index >= 15 is 0 Å². The minimum absolute atomic E-state index is 0.326. The highest BCUT2D eigenvalue weighted by Gasteiger charge is 2.40. The Hall–Kier alpha value is 0.430. The number of fused-ring (bicyclic) bond motifs is 2. The van der Waals surface area contributed by atoms with Gasteiger partial charge in [-0.25, -0.2) is 0 Å². The third kappa shape index (κ3) is 2.44. The van der Waals surface area contributed by atoms with Gasteiger partial charge in [0.1, 0.15) is 4.34 Å². The normalized spacial score (nSPS) is 33.2. The van der Waals surface area contributed by atoms with Crippen LogP contribution in [0.15, 0.2) is 10.5 Å². The second-order valence-corrected chi connectivity index (χ2v) is 8.00. The molecule has 1 N–H and O–H groups in total. The molecular formula is C13H16BrClOS. The van der Waals surface area contributed by atoms with Gasteiger partial charge in [-0.2, -0.15) is 0 Å². The molecule has 1 heterocycles. The van der Waals surface area contributed by atoms with Crippen LogP contribution in [0.2, 0.25) is 4.34 Å². The van der Waals surface area contributed by atoms with E-state index in [2.05, 4.69) is 15.9 Å². The Balaban J connectivity index is 1.65. The largest absolute Gasteiger partial charge is 0.388 e. The van der Waals surface area contributed by atoms with Crippen LogP contribution >= 0.6 is 38.9 Å². The van der Waals surface area contributed by atoms with Gasteiger partial charge in [0.2, 0.25) is 0 Å². The molecule has 2 aliphatic carbocycles. The fraction of sp³-hybridized carbons (Fsp3) is 0.692. The molecule has 3 rings (SSSR count). The van der Waals surface area contributed by atoms with Crippen LogP contribution in [-0.2, 0) is 0 Å². The smallest absolute Gasteiger partial charge is 0.107 e. The minimum atomic E-state index is -0.326. The van der Waals surface area contributed by atoms with Crippen LogP contribution < -0.4 is 0 Å². The van der Waals surface area contributed by atoms with Gasteiger partial charge >= 0.3 is 0 Å². The molecule has 2 fully saturated rings. The van der Waals surface area contributed by atoms with Crippen molar-refractivity contribution in [1.29, 1.82) is 0 Å². The van der Waals surface area contributed by atoms with Gasteiger partial charge in [0, 0.05) is 9.35 Å². The molecule has 0 radical (unpaired) electrons. The fourth-order valence-corrected chi connectivity index (χ4v) is 5.33. The Kier molecular flexibility index (Phi) is 3.55. The molecule has 4 heteroatoms. The maximum absolute atomic E-state index is 10.3. The Labute approximate surface area is 119 Å². The predicted molar refractivity (Wildman–Crippen MR) is 75.5 cm³/mol. The molecule has 2 saturated carbocycles. The van der Waals surface area contributed by atoms with Crippen molar-refractivity contribution in [3.63, 3.8) is 0 Å². The van der Waals surface area contributed by atoms with Gasteiger partial charge in [0.05, 0.1) is 6.10 Å². The number of aliphatic hydroxyl groups is 1. The number of hydrogen-bond donors (Lipinski definition) is 1. The lowest BCUT2D eigenvalue weighted by Crippen LogP contribution is -2.13. The summed E-state index contributed by atoms with van der Waals surface area (Å²) in [5.41, 5.74) is 0. The van der Waals surface area contributed by atoms with Gasteiger partial charge < -0.3 is 5.11 Å². The van der Waals surface area contributed by atoms with Crippen molar-refractivity contribution in [3.05, 3.63) is 19.8 Å². The molecule has 0 aromatic carbocycles. The lowest BCUT2D eigenvalue weighted by atomic mass is 9.84. The van der Waals surface area contributed by atoms with Crippen molar-refractivity contribution in [2.24, 2.45) is 17.8 Å². The predicted octanol–water partition coefficient (Wildman–Crippen LogP) is 5.02. The highest BCUT2D eigenvalue weighted by molar-refractivity contribution is 9.10. The topological polar surface area (TPSA) is 20.2 Å². The van der Waals surface area contributed by atoms with Crippen LogP contribution in [0.25, 0.3) is 0 Å². The van der Waals surface area contributed by atoms with E-state index in [1.807, 2.05) is 6.07 Å². The van der Waals surface area contributed by atoms with E-state index in [-0.39, 0.29) is 6.10 Å². The summed E-state index contributed by atoms with van der Waals surface area (Å²) in [5.74, 6) is 2.58. The molecule has 2 bridgehead atoms. The Morgan fingerprint density at radius 2 is 2.29 bits per heavy atom. The van der Waals surface area contributed by atoms with E-state index in [1.54, 1.807) is 0 Å². The Morgan fingerprint density at radius 3 is 2.82 bits per heavy atom. The van der Waals surface area contributed by atoms with Gasteiger partial charge in [0.15, 0.2) is 0 Å². The van der Waals surface area contributed by atoms with Crippen molar-refractivity contribution in [3.8, 4) is 0 Å². The molecule has 0 aliphatic heterocycles. The average molecular weight is 336 g/mol. The first-order valence-corrected chi connectivity index (χ1v) is 8.25. The molecule has 4 unspecified atom stereocenters. The summed E-state index contributed by atoms with van der Waals surface area (Å²) < 4.78 is 1.65. The first kappa shape index (κ1) is 12.5. The second-order valence-electron chi connectivity index (χ2n) is 5.46. The summed E-state index contributed by atoms with van der Waals surface area (Å²) in [5, 5.41) is 10.3. The third-order valence-corrected chi connectivity index (χ3v) is 6.98. The van der Waals surface area contributed by atoms with Crippen molar-refractivity contribution >= 4 is 38.9 Å². The van der Waals surface area contributed by atoms with E-state index in [9.17, 15) is 5.11 Å². The van der Waals surface area contributed by atoms with E-state index in [0.717, 1.165) is 37.9 Å². The maximum Gasteiger partial charge on any atom is 0.107 e. The summed E-state index contributed by atoms with van der Waals surface area (Å²) in [4.78, 5) is 1.00. The molecule has 2 aliphatic rings. The Morgan fingerprint density at radius 1 is 1.47 bits per heavy atom. The summed E-state index contributed by atoms with van der Waals surface area (Å²) in [6.07, 6.45) is 6.15. The summed E-state index contributed by atoms with van der Waals surface area (Å²) in [6.45, 7) is 0. The van der Waals surface area contributed by atoms with Gasteiger partial charge in [-0.3, -0.25) is 0 Å². The standard InChI is InChI=1S/C13H16BrClOS/c14-10-6-12(17-13(10)15)11(16)5-9-4-7-1-2-8(9)3-7/h6-9,11,16H,1-5H2. The second kappa shape index (κ2) is 4.84. The Bertz CT molecular complexity index is 400. The van der Waals surface area contributed by atoms with Crippen molar-refractivity contribution in [2.75, 3.05) is 0 Å². The fourth-order valence-electron chi connectivity index (χ4n) is 3.60. The van der Waals surface area contributed by atoms with Crippen LogP contribution in [0.5, 0.6) is 0 Å². The van der Waals surface area contributed by atoms with Crippen molar-refractivity contribution < 1.29 is 5.11 Å². The van der Waals surface area contributed by atoms with E-state index < -0.39 is 0 Å². The first-order chi connectivity index (χ1) is 8.13. The molecule has 0 saturated heterocycles. The van der Waals surface area contributed by atoms with Crippen LogP contribution in [0.4, 0.5) is 0 Å². The number of halogens is 2. The molecule has 0 spiro atoms. The summed E-state index contributed by atoms with van der Waals surface area (Å²) >= 11 is 10.9. The van der Waals surface area contributed by atoms with Crippen LogP contribution in [0.3, 0.4) is 0 Å². The molecule has 94 valence electrons. The third-order valence-electron chi connectivity index (χ3n) is 4.40. The van der Waals surface area contributed by atoms with Crippen molar-refractivity contribution in [1.82, 2.24) is 0 Å². The number of rotatable bonds is 3. The maximum atomic E-state index is 10.3. The summed E-state index contributed by atoms with van der Waals surface area (Å²) in [7, 11) is 0. The molecular weight excluding hydrogens is 320 g/mol. The zero-order valence-corrected chi connectivity index (χ0v) is 12.7. The highest BCUT2D eigenvalue weighted by Crippen LogP contribution is 2.51. The molecule has 4 atom stereocenters. The monoisotopic (exact) mass is 334 g/mol. The van der Waals surface area contributed by atoms with Crippen molar-refractivity contribution in [2.45, 2.75) is 38.2 Å². The molecule has 0 amide bonds. The van der Waals surface area contributed by atoms with Crippen LogP contribution in [0, 0.1) is 17.8 Å². The number of hydrogen-bond acceptors (Lipinski definition) is 2. The number of thiophene rings is 1. The molecule has 1 aromatic heterocycles. The first-order valence-electron chi connectivity index (χ1n) is 6.26. The zero-order chi connectivity index (χ0) is 12.0. The minimum Gasteiger partial charge on any atom is -0.388 e. The lowest BCUT2D eigenvalue weighted by molar-refractivity contribution is 0.128. The van der Waals surface area contributed by atoms with Crippen LogP contribution in [-0.4, -0.2) is 5.11 Å². The number of aliphatic hydroxyl groups excluding tert-OH is 1. The zero-order valence-electron chi connectivity index (χ0n) is 9.53. The molecule has 17 heavy (non-hydrogen) atoms. The van der Waals surface area contributed by atoms with Crippen LogP contribution in [0.1, 0.15) is 43.1 Å².